The van der Waals surface area contributed by atoms with E-state index in [2.05, 4.69) is 10.4 Å². The maximum atomic E-state index is 13.2. The van der Waals surface area contributed by atoms with Gasteiger partial charge in [0, 0.05) is 47.1 Å². The number of nitrogens with one attached hydrogen (secondary N) is 1. The third-order valence-electron chi connectivity index (χ3n) is 7.36. The molecule has 8 nitrogen and oxygen atoms in total. The molecule has 42 heavy (non-hydrogen) atoms. The lowest BCUT2D eigenvalue weighted by Crippen LogP contribution is -2.25. The number of rotatable bonds is 6. The maximum absolute atomic E-state index is 13.2. The molecule has 0 saturated heterocycles. The van der Waals surface area contributed by atoms with E-state index >= 15 is 0 Å². The molecule has 0 fully saturated rings. The molecule has 2 heterocycles. The summed E-state index contributed by atoms with van der Waals surface area (Å²) >= 11 is 6.10. The number of carbonyl (C=O) groups is 1. The van der Waals surface area contributed by atoms with Gasteiger partial charge in [0.05, 0.1) is 34.9 Å². The van der Waals surface area contributed by atoms with Crippen LogP contribution in [0.15, 0.2) is 89.5 Å². The molecule has 1 N–H and O–H groups in total. The summed E-state index contributed by atoms with van der Waals surface area (Å²) < 4.78 is 34.9. The Hall–Kier alpha value is -4.60. The molecule has 0 atom stereocenters. The Balaban J connectivity index is 1.63. The number of benzene rings is 4. The van der Waals surface area contributed by atoms with Crippen molar-refractivity contribution >= 4 is 55.1 Å². The lowest BCUT2D eigenvalue weighted by Gasteiger charge is -2.21. The number of aromatic nitrogens is 2. The van der Waals surface area contributed by atoms with Gasteiger partial charge in [0.1, 0.15) is 11.3 Å². The fraction of sp³-hybridized carbons (Fsp3) is 0.125. The minimum Gasteiger partial charge on any atom is -0.455 e. The molecule has 4 aromatic carbocycles. The molecule has 6 aromatic rings. The molecular formula is C32H27ClN4O4S. The van der Waals surface area contributed by atoms with Gasteiger partial charge in [-0.2, -0.15) is 5.10 Å². The topological polar surface area (TPSA) is 97.4 Å². The van der Waals surface area contributed by atoms with Crippen molar-refractivity contribution in [2.45, 2.75) is 6.92 Å². The van der Waals surface area contributed by atoms with Crippen molar-refractivity contribution in [3.05, 3.63) is 101 Å². The van der Waals surface area contributed by atoms with Crippen LogP contribution in [0.1, 0.15) is 15.9 Å². The molecule has 1 amide bonds. The van der Waals surface area contributed by atoms with E-state index in [1.807, 2.05) is 67.6 Å². The molecule has 0 aliphatic carbocycles. The smallest absolute Gasteiger partial charge is 0.255 e. The summed E-state index contributed by atoms with van der Waals surface area (Å²) in [7, 11) is -0.573. The Morgan fingerprint density at radius 3 is 2.33 bits per heavy atom. The highest BCUT2D eigenvalue weighted by Crippen LogP contribution is 2.42. The Labute approximate surface area is 248 Å². The van der Waals surface area contributed by atoms with Gasteiger partial charge < -0.3 is 9.73 Å². The molecule has 0 saturated carbocycles. The molecule has 0 spiro atoms. The van der Waals surface area contributed by atoms with E-state index in [0.717, 1.165) is 39.5 Å². The summed E-state index contributed by atoms with van der Waals surface area (Å²) in [5.74, 6) is 0.0986. The third kappa shape index (κ3) is 4.80. The first-order valence-electron chi connectivity index (χ1n) is 13.1. The molecule has 0 radical (unpaired) electrons. The van der Waals surface area contributed by atoms with Gasteiger partial charge in [-0.05, 0) is 48.9 Å². The quantitative estimate of drug-likeness (QED) is 0.227. The number of amides is 1. The second-order valence-corrected chi connectivity index (χ2v) is 12.6. The predicted octanol–water partition coefficient (Wildman–Crippen LogP) is 6.82. The Morgan fingerprint density at radius 2 is 1.67 bits per heavy atom. The van der Waals surface area contributed by atoms with Crippen LogP contribution in [0.2, 0.25) is 5.02 Å². The molecule has 10 heteroatoms. The van der Waals surface area contributed by atoms with Gasteiger partial charge in [0.2, 0.25) is 10.0 Å². The number of hydrogen-bond donors (Lipinski definition) is 1. The molecule has 0 aliphatic heterocycles. The van der Waals surface area contributed by atoms with Crippen LogP contribution in [0.4, 0.5) is 5.69 Å². The highest BCUT2D eigenvalue weighted by Gasteiger charge is 2.26. The highest BCUT2D eigenvalue weighted by molar-refractivity contribution is 7.92. The van der Waals surface area contributed by atoms with Crippen LogP contribution in [0.3, 0.4) is 0 Å². The van der Waals surface area contributed by atoms with Crippen LogP contribution < -0.4 is 9.62 Å². The summed E-state index contributed by atoms with van der Waals surface area (Å²) in [6.45, 7) is 1.98. The Morgan fingerprint density at radius 1 is 0.976 bits per heavy atom. The Kier molecular flexibility index (Phi) is 6.79. The highest BCUT2D eigenvalue weighted by atomic mass is 35.5. The van der Waals surface area contributed by atoms with Crippen LogP contribution in [0.25, 0.3) is 50.0 Å². The van der Waals surface area contributed by atoms with E-state index < -0.39 is 10.0 Å². The van der Waals surface area contributed by atoms with Gasteiger partial charge in [-0.15, -0.1) is 0 Å². The number of furan rings is 1. The summed E-state index contributed by atoms with van der Waals surface area (Å²) in [6.07, 6.45) is 2.92. The van der Waals surface area contributed by atoms with Gasteiger partial charge in [-0.3, -0.25) is 9.10 Å². The third-order valence-corrected chi connectivity index (χ3v) is 8.81. The zero-order chi connectivity index (χ0) is 29.8. The minimum atomic E-state index is -3.64. The van der Waals surface area contributed by atoms with Crippen molar-refractivity contribution in [2.24, 2.45) is 0 Å². The first-order valence-corrected chi connectivity index (χ1v) is 15.4. The number of halogens is 1. The molecule has 0 aliphatic rings. The van der Waals surface area contributed by atoms with Gasteiger partial charge in [0.15, 0.2) is 0 Å². The zero-order valence-electron chi connectivity index (χ0n) is 23.3. The van der Waals surface area contributed by atoms with E-state index in [0.29, 0.717) is 38.6 Å². The van der Waals surface area contributed by atoms with Crippen molar-refractivity contribution in [3.63, 3.8) is 0 Å². The van der Waals surface area contributed by atoms with E-state index in [1.54, 1.807) is 36.1 Å². The number of carbonyl (C=O) groups excluding carboxylic acids is 1. The monoisotopic (exact) mass is 598 g/mol. The summed E-state index contributed by atoms with van der Waals surface area (Å²) in [5, 5.41) is 9.39. The number of nitrogens with zero attached hydrogens (tertiary/aromatic N) is 3. The van der Waals surface area contributed by atoms with E-state index in [4.69, 9.17) is 16.0 Å². The fourth-order valence-corrected chi connectivity index (χ4v) is 5.67. The van der Waals surface area contributed by atoms with Crippen LogP contribution in [-0.2, 0) is 10.0 Å². The second kappa shape index (κ2) is 10.3. The standard InChI is InChI=1S/C32H27ClN4O4S/c1-19-5-7-20(8-6-19)31-30(32(38)34-2)26-16-25(28(17-29(26)41-31)36(3)42(4,39)40)21-9-10-22-18-35-37(27(22)15-21)24-13-11-23(33)12-14-24/h5-18H,1-4H3,(H,34,38). The zero-order valence-corrected chi connectivity index (χ0v) is 24.9. The maximum Gasteiger partial charge on any atom is 0.255 e. The number of anilines is 1. The van der Waals surface area contributed by atoms with Gasteiger partial charge in [0.25, 0.3) is 5.91 Å². The molecule has 6 rings (SSSR count). The van der Waals surface area contributed by atoms with Gasteiger partial charge >= 0.3 is 0 Å². The fourth-order valence-electron chi connectivity index (χ4n) is 5.04. The van der Waals surface area contributed by atoms with Crippen molar-refractivity contribution in [1.82, 2.24) is 15.1 Å². The predicted molar refractivity (Wildman–Crippen MR) is 168 cm³/mol. The largest absolute Gasteiger partial charge is 0.455 e. The summed E-state index contributed by atoms with van der Waals surface area (Å²) in [5.41, 5.74) is 6.00. The van der Waals surface area contributed by atoms with Gasteiger partial charge in [-0.1, -0.05) is 53.6 Å². The number of aryl methyl sites for hydroxylation is 1. The van der Waals surface area contributed by atoms with Crippen LogP contribution in [0, 0.1) is 6.92 Å². The molecule has 2 aromatic heterocycles. The normalized spacial score (nSPS) is 11.7. The first-order chi connectivity index (χ1) is 20.0. The van der Waals surface area contributed by atoms with E-state index in [1.165, 1.54) is 11.4 Å². The lowest BCUT2D eigenvalue weighted by molar-refractivity contribution is 0.0964. The Bertz CT molecular complexity index is 2100. The van der Waals surface area contributed by atoms with Crippen LogP contribution in [0.5, 0.6) is 0 Å². The number of hydrogen-bond acceptors (Lipinski definition) is 5. The molecule has 212 valence electrons. The lowest BCUT2D eigenvalue weighted by atomic mass is 9.97. The molecule has 0 bridgehead atoms. The summed E-state index contributed by atoms with van der Waals surface area (Å²) in [6, 6.07) is 24.4. The van der Waals surface area contributed by atoms with Crippen molar-refractivity contribution in [1.29, 1.82) is 0 Å². The van der Waals surface area contributed by atoms with E-state index in [9.17, 15) is 13.2 Å². The van der Waals surface area contributed by atoms with Gasteiger partial charge in [-0.25, -0.2) is 13.1 Å². The number of sulfonamides is 1. The molecule has 0 unspecified atom stereocenters. The minimum absolute atomic E-state index is 0.309. The van der Waals surface area contributed by atoms with Crippen molar-refractivity contribution in [3.8, 4) is 28.1 Å². The average molecular weight is 599 g/mol. The van der Waals surface area contributed by atoms with Crippen LogP contribution >= 0.6 is 11.6 Å². The number of fused-ring (bicyclic) bond motifs is 2. The summed E-state index contributed by atoms with van der Waals surface area (Å²) in [4.78, 5) is 13.2. The first kappa shape index (κ1) is 27.6. The second-order valence-electron chi connectivity index (χ2n) is 10.2. The molecular weight excluding hydrogens is 572 g/mol. The average Bonchev–Trinajstić information content (AvgIpc) is 3.57. The SMILES string of the molecule is CNC(=O)c1c(-c2ccc(C)cc2)oc2cc(N(C)S(C)(=O)=O)c(-c3ccc4cnn(-c5ccc(Cl)cc5)c4c3)cc12. The van der Waals surface area contributed by atoms with Crippen LogP contribution in [-0.4, -0.2) is 44.5 Å². The van der Waals surface area contributed by atoms with Crippen molar-refractivity contribution < 1.29 is 17.6 Å². The van der Waals surface area contributed by atoms with Crippen molar-refractivity contribution in [2.75, 3.05) is 24.7 Å². The van der Waals surface area contributed by atoms with E-state index in [-0.39, 0.29) is 5.91 Å².